The quantitative estimate of drug-likeness (QED) is 0.150. The number of hydrogen-bond donors (Lipinski definition) is 0. The molecule has 0 fully saturated rings. The number of aliphatic imine (C=N–C) groups is 2. The monoisotopic (exact) mass is 662 g/mol. The van der Waals surface area contributed by atoms with Crippen LogP contribution < -0.4 is 0 Å². The number of para-hydroxylation sites is 2. The van der Waals surface area contributed by atoms with Gasteiger partial charge in [-0.3, -0.25) is 0 Å². The van der Waals surface area contributed by atoms with Crippen molar-refractivity contribution < 1.29 is 20.4 Å². The molecule has 1 aliphatic carbocycles. The topological polar surface area (TPSA) is 48.5 Å². The predicted molar refractivity (Wildman–Crippen MR) is 183 cm³/mol. The number of hydrogen-bond acceptors (Lipinski definition) is 3. The van der Waals surface area contributed by atoms with E-state index in [1.165, 1.54) is 51.1 Å². The van der Waals surface area contributed by atoms with Gasteiger partial charge >= 0.3 is 0 Å². The molecule has 3 nitrogen and oxygen atoms in total. The van der Waals surface area contributed by atoms with Gasteiger partial charge in [0.05, 0.1) is 28.9 Å². The summed E-state index contributed by atoms with van der Waals surface area (Å²) < 4.78 is 0. The molecule has 0 saturated carbocycles. The van der Waals surface area contributed by atoms with Crippen LogP contribution in [0.4, 0.5) is 11.4 Å². The van der Waals surface area contributed by atoms with Gasteiger partial charge in [-0.2, -0.15) is 5.26 Å². The Labute approximate surface area is 273 Å². The van der Waals surface area contributed by atoms with Crippen molar-refractivity contribution in [1.82, 2.24) is 0 Å². The third-order valence-electron chi connectivity index (χ3n) is 7.77. The van der Waals surface area contributed by atoms with E-state index >= 15 is 0 Å². The van der Waals surface area contributed by atoms with Crippen LogP contribution in [0.25, 0.3) is 10.8 Å². The molecule has 4 aromatic rings. The van der Waals surface area contributed by atoms with Crippen LogP contribution in [0.15, 0.2) is 82.8 Å². The molecule has 0 aromatic heterocycles. The summed E-state index contributed by atoms with van der Waals surface area (Å²) in [6.45, 7) is 19.5. The summed E-state index contributed by atoms with van der Waals surface area (Å²) in [6.07, 6.45) is 0. The third kappa shape index (κ3) is 7.24. The molecule has 0 radical (unpaired) electrons. The summed E-state index contributed by atoms with van der Waals surface area (Å²) in [6, 6.07) is 28.2. The molecule has 4 heteroatoms. The molecular formula is C39H46N3Pd-. The summed E-state index contributed by atoms with van der Waals surface area (Å²) in [5.41, 5.74) is 11.7. The molecule has 0 spiro atoms. The molecule has 228 valence electrons. The first-order valence-corrected chi connectivity index (χ1v) is 14.9. The van der Waals surface area contributed by atoms with E-state index in [2.05, 4.69) is 128 Å². The van der Waals surface area contributed by atoms with Crippen molar-refractivity contribution >= 4 is 33.6 Å². The fraction of sp³-hybridized carbons (Fsp3) is 0.333. The van der Waals surface area contributed by atoms with E-state index in [4.69, 9.17) is 15.2 Å². The maximum absolute atomic E-state index is 7.32. The van der Waals surface area contributed by atoms with E-state index in [1.807, 2.05) is 0 Å². The van der Waals surface area contributed by atoms with E-state index in [0.717, 1.165) is 22.8 Å². The van der Waals surface area contributed by atoms with Gasteiger partial charge in [0.25, 0.3) is 0 Å². The summed E-state index contributed by atoms with van der Waals surface area (Å²) in [7, 11) is 0. The second-order valence-electron chi connectivity index (χ2n) is 12.0. The Hall–Kier alpha value is -3.37. The first-order valence-electron chi connectivity index (χ1n) is 14.9. The van der Waals surface area contributed by atoms with Crippen LogP contribution in [0.1, 0.15) is 119 Å². The van der Waals surface area contributed by atoms with E-state index < -0.39 is 0 Å². The zero-order chi connectivity index (χ0) is 29.8. The average molecular weight is 663 g/mol. The third-order valence-corrected chi connectivity index (χ3v) is 7.77. The smallest absolute Gasteiger partial charge is 0.0979 e. The van der Waals surface area contributed by atoms with E-state index in [1.54, 1.807) is 6.07 Å². The fourth-order valence-corrected chi connectivity index (χ4v) is 5.72. The van der Waals surface area contributed by atoms with Gasteiger partial charge in [-0.15, -0.1) is 0 Å². The molecule has 4 aromatic carbocycles. The minimum atomic E-state index is 0. The molecule has 0 N–H and O–H groups in total. The summed E-state index contributed by atoms with van der Waals surface area (Å²) in [5.74, 6) is 1.51. The van der Waals surface area contributed by atoms with E-state index in [9.17, 15) is 0 Å². The standard InChI is InChI=1S/C36H40N2.C2H3N.CH3.Pd/c1-21(2)26-15-11-16-27(22(3)4)33(26)37-35-30-19-9-13-25-14-10-20-31(32(25)30)36(35)38-34-28(23(5)6)17-12-18-29(34)24(7)8;1-2-3;;/h9-24H,1-8H3;1H3;1H3;/q;;-1;. The van der Waals surface area contributed by atoms with Crippen LogP contribution in [0.5, 0.6) is 0 Å². The van der Waals surface area contributed by atoms with Crippen LogP contribution in [0, 0.1) is 18.8 Å². The van der Waals surface area contributed by atoms with Gasteiger partial charge in [0.2, 0.25) is 0 Å². The number of benzene rings is 4. The normalized spacial score (nSPS) is 13.8. The zero-order valence-electron chi connectivity index (χ0n) is 27.4. The second-order valence-corrected chi connectivity index (χ2v) is 12.0. The van der Waals surface area contributed by atoms with Gasteiger partial charge in [0.15, 0.2) is 0 Å². The first-order chi connectivity index (χ1) is 19.6. The Bertz CT molecular complexity index is 1500. The van der Waals surface area contributed by atoms with Crippen LogP contribution in [-0.2, 0) is 20.4 Å². The van der Waals surface area contributed by atoms with Crippen LogP contribution in [0.2, 0.25) is 0 Å². The molecule has 0 atom stereocenters. The Morgan fingerprint density at radius 2 is 0.814 bits per heavy atom. The SMILES string of the molecule is CC#N.CC(C)c1cccc(C(C)C)c1N=C1C(=Nc2c(C(C)C)cccc2C(C)C)c2cccc3cccc1c23.[CH3-].[Pd]. The molecule has 1 aliphatic rings. The van der Waals surface area contributed by atoms with Gasteiger partial charge in [-0.25, -0.2) is 9.98 Å². The molecule has 5 rings (SSSR count). The van der Waals surface area contributed by atoms with Crippen molar-refractivity contribution in [3.05, 3.63) is 114 Å². The van der Waals surface area contributed by atoms with Crippen molar-refractivity contribution in [2.75, 3.05) is 0 Å². The predicted octanol–water partition coefficient (Wildman–Crippen LogP) is 11.6. The molecule has 0 saturated heterocycles. The van der Waals surface area contributed by atoms with Gasteiger partial charge in [-0.05, 0) is 51.3 Å². The fourth-order valence-electron chi connectivity index (χ4n) is 5.72. The molecule has 0 bridgehead atoms. The van der Waals surface area contributed by atoms with Crippen LogP contribution in [-0.4, -0.2) is 11.4 Å². The largest absolute Gasteiger partial charge is 0.358 e. The van der Waals surface area contributed by atoms with Gasteiger partial charge < -0.3 is 7.43 Å². The summed E-state index contributed by atoms with van der Waals surface area (Å²) in [4.78, 5) is 11.1. The molecule has 0 heterocycles. The molecule has 0 unspecified atom stereocenters. The van der Waals surface area contributed by atoms with Crippen LogP contribution >= 0.6 is 0 Å². The maximum atomic E-state index is 7.32. The van der Waals surface area contributed by atoms with Crippen molar-refractivity contribution in [3.8, 4) is 6.07 Å². The Kier molecular flexibility index (Phi) is 12.8. The minimum Gasteiger partial charge on any atom is -0.358 e. The minimum absolute atomic E-state index is 0. The summed E-state index contributed by atoms with van der Waals surface area (Å²) in [5, 5.41) is 9.81. The van der Waals surface area contributed by atoms with Gasteiger partial charge in [0.1, 0.15) is 0 Å². The Morgan fingerprint density at radius 3 is 1.09 bits per heavy atom. The van der Waals surface area contributed by atoms with Crippen molar-refractivity contribution in [2.45, 2.75) is 86.0 Å². The van der Waals surface area contributed by atoms with Crippen molar-refractivity contribution in [2.24, 2.45) is 9.98 Å². The first kappa shape index (κ1) is 35.8. The number of nitrogens with zero attached hydrogens (tertiary/aromatic N) is 3. The maximum Gasteiger partial charge on any atom is 0.0979 e. The number of rotatable bonds is 6. The Balaban J connectivity index is 0.00000124. The molecule has 43 heavy (non-hydrogen) atoms. The second kappa shape index (κ2) is 15.4. The Morgan fingerprint density at radius 1 is 0.535 bits per heavy atom. The molecule has 0 amide bonds. The van der Waals surface area contributed by atoms with E-state index in [-0.39, 0.29) is 27.8 Å². The van der Waals surface area contributed by atoms with E-state index in [0.29, 0.717) is 23.7 Å². The zero-order valence-corrected chi connectivity index (χ0v) is 29.0. The van der Waals surface area contributed by atoms with Crippen molar-refractivity contribution in [1.29, 1.82) is 5.26 Å². The number of nitriles is 1. The van der Waals surface area contributed by atoms with Gasteiger partial charge in [-0.1, -0.05) is 128 Å². The molecular weight excluding hydrogens is 617 g/mol. The molecule has 0 aliphatic heterocycles. The summed E-state index contributed by atoms with van der Waals surface area (Å²) >= 11 is 0. The average Bonchev–Trinajstić information content (AvgIpc) is 3.22. The van der Waals surface area contributed by atoms with Crippen molar-refractivity contribution in [3.63, 3.8) is 0 Å². The van der Waals surface area contributed by atoms with Gasteiger partial charge in [0, 0.05) is 43.9 Å². The van der Waals surface area contributed by atoms with Crippen LogP contribution in [0.3, 0.4) is 0 Å².